The van der Waals surface area contributed by atoms with E-state index in [-0.39, 0.29) is 17.9 Å². The molecule has 0 radical (unpaired) electrons. The molecular formula is C20H34ClNO2. The first kappa shape index (κ1) is 22.8. The zero-order chi connectivity index (χ0) is 17.5. The molecule has 0 bridgehead atoms. The minimum Gasteiger partial charge on any atom is -0.490 e. The van der Waals surface area contributed by atoms with Gasteiger partial charge < -0.3 is 14.8 Å². The number of halogens is 1. The first-order chi connectivity index (χ1) is 10.7. The largest absolute Gasteiger partial charge is 0.490 e. The summed E-state index contributed by atoms with van der Waals surface area (Å²) in [4.78, 5) is 0. The van der Waals surface area contributed by atoms with Gasteiger partial charge in [-0.25, -0.2) is 0 Å². The van der Waals surface area contributed by atoms with Gasteiger partial charge in [0.2, 0.25) is 0 Å². The van der Waals surface area contributed by atoms with Crippen LogP contribution in [-0.2, 0) is 6.54 Å². The average molecular weight is 356 g/mol. The van der Waals surface area contributed by atoms with E-state index < -0.39 is 0 Å². The molecule has 0 atom stereocenters. The van der Waals surface area contributed by atoms with Crippen molar-refractivity contribution in [1.29, 1.82) is 0 Å². The van der Waals surface area contributed by atoms with Gasteiger partial charge in [-0.2, -0.15) is 0 Å². The molecule has 0 amide bonds. The molecule has 1 aromatic carbocycles. The van der Waals surface area contributed by atoms with Gasteiger partial charge in [0.25, 0.3) is 0 Å². The summed E-state index contributed by atoms with van der Waals surface area (Å²) in [6.45, 7) is 18.9. The summed E-state index contributed by atoms with van der Waals surface area (Å²) in [7, 11) is 0. The molecule has 4 heteroatoms. The van der Waals surface area contributed by atoms with Gasteiger partial charge in [-0.3, -0.25) is 0 Å². The summed E-state index contributed by atoms with van der Waals surface area (Å²) in [6.07, 6.45) is 2.85. The fourth-order valence-corrected chi connectivity index (χ4v) is 2.93. The van der Waals surface area contributed by atoms with Crippen molar-refractivity contribution in [2.45, 2.75) is 60.0 Å². The highest BCUT2D eigenvalue weighted by atomic mass is 35.5. The SMILES string of the molecule is C=CCOc1ccc(CNC(C)(C)CC(C)(C)C)cc1OCC.Cl. The van der Waals surface area contributed by atoms with E-state index in [1.807, 2.05) is 13.0 Å². The quantitative estimate of drug-likeness (QED) is 0.603. The summed E-state index contributed by atoms with van der Waals surface area (Å²) in [5, 5.41) is 3.65. The summed E-state index contributed by atoms with van der Waals surface area (Å²) < 4.78 is 11.3. The lowest BCUT2D eigenvalue weighted by atomic mass is 9.82. The smallest absolute Gasteiger partial charge is 0.161 e. The lowest BCUT2D eigenvalue weighted by Crippen LogP contribution is -2.41. The number of ether oxygens (including phenoxy) is 2. The van der Waals surface area contributed by atoms with Gasteiger partial charge >= 0.3 is 0 Å². The van der Waals surface area contributed by atoms with Crippen molar-refractivity contribution >= 4 is 12.4 Å². The summed E-state index contributed by atoms with van der Waals surface area (Å²) in [5.41, 5.74) is 1.58. The molecule has 138 valence electrons. The summed E-state index contributed by atoms with van der Waals surface area (Å²) in [5.74, 6) is 1.56. The number of nitrogens with one attached hydrogen (secondary N) is 1. The Labute approximate surface area is 154 Å². The van der Waals surface area contributed by atoms with E-state index in [0.29, 0.717) is 18.6 Å². The van der Waals surface area contributed by atoms with E-state index in [9.17, 15) is 0 Å². The molecule has 0 aromatic heterocycles. The van der Waals surface area contributed by atoms with Gasteiger partial charge in [0, 0.05) is 12.1 Å². The predicted octanol–water partition coefficient (Wildman–Crippen LogP) is 5.38. The number of rotatable bonds is 9. The topological polar surface area (TPSA) is 30.5 Å². The molecular weight excluding hydrogens is 322 g/mol. The maximum Gasteiger partial charge on any atom is 0.161 e. The van der Waals surface area contributed by atoms with Crippen LogP contribution in [0.15, 0.2) is 30.9 Å². The van der Waals surface area contributed by atoms with Gasteiger partial charge in [0.05, 0.1) is 6.61 Å². The van der Waals surface area contributed by atoms with Gasteiger partial charge in [-0.1, -0.05) is 39.5 Å². The normalized spacial score (nSPS) is 11.6. The van der Waals surface area contributed by atoms with Crippen molar-refractivity contribution in [1.82, 2.24) is 5.32 Å². The van der Waals surface area contributed by atoms with Crippen molar-refractivity contribution in [2.75, 3.05) is 13.2 Å². The molecule has 0 saturated carbocycles. The molecule has 0 spiro atoms. The van der Waals surface area contributed by atoms with Crippen LogP contribution >= 0.6 is 12.4 Å². The van der Waals surface area contributed by atoms with E-state index in [2.05, 4.69) is 58.6 Å². The molecule has 24 heavy (non-hydrogen) atoms. The Morgan fingerprint density at radius 1 is 1.08 bits per heavy atom. The molecule has 1 rings (SSSR count). The Morgan fingerprint density at radius 2 is 1.75 bits per heavy atom. The van der Waals surface area contributed by atoms with Gasteiger partial charge in [-0.15, -0.1) is 12.4 Å². The molecule has 1 N–H and O–H groups in total. The van der Waals surface area contributed by atoms with E-state index in [4.69, 9.17) is 9.47 Å². The molecule has 0 aliphatic carbocycles. The van der Waals surface area contributed by atoms with Crippen LogP contribution in [0.3, 0.4) is 0 Å². The predicted molar refractivity (Wildman–Crippen MR) is 106 cm³/mol. The molecule has 0 saturated heterocycles. The van der Waals surface area contributed by atoms with Crippen LogP contribution in [0.1, 0.15) is 53.5 Å². The number of hydrogen-bond donors (Lipinski definition) is 1. The maximum absolute atomic E-state index is 5.70. The zero-order valence-electron chi connectivity index (χ0n) is 16.1. The standard InChI is InChI=1S/C20H33NO2.ClH/c1-8-12-23-17-11-10-16(13-18(17)22-9-2)14-21-20(6,7)15-19(3,4)5;/h8,10-11,13,21H,1,9,12,14-15H2,2-7H3;1H. The molecule has 0 heterocycles. The minimum absolute atomic E-state index is 0. The molecule has 0 aliphatic rings. The Balaban J connectivity index is 0.00000529. The first-order valence-electron chi connectivity index (χ1n) is 8.41. The van der Waals surface area contributed by atoms with E-state index in [1.165, 1.54) is 5.56 Å². The Hall–Kier alpha value is -1.19. The van der Waals surface area contributed by atoms with Crippen LogP contribution in [0.5, 0.6) is 11.5 Å². The van der Waals surface area contributed by atoms with Crippen molar-refractivity contribution in [2.24, 2.45) is 5.41 Å². The fourth-order valence-electron chi connectivity index (χ4n) is 2.93. The Kier molecular flexibility index (Phi) is 9.46. The number of benzene rings is 1. The summed E-state index contributed by atoms with van der Waals surface area (Å²) in [6, 6.07) is 6.12. The Morgan fingerprint density at radius 3 is 2.29 bits per heavy atom. The van der Waals surface area contributed by atoms with E-state index in [0.717, 1.165) is 24.5 Å². The van der Waals surface area contributed by atoms with Gasteiger partial charge in [-0.05, 0) is 50.3 Å². The van der Waals surface area contributed by atoms with Crippen molar-refractivity contribution in [3.05, 3.63) is 36.4 Å². The lowest BCUT2D eigenvalue weighted by Gasteiger charge is -2.33. The van der Waals surface area contributed by atoms with E-state index in [1.54, 1.807) is 6.08 Å². The first-order valence-corrected chi connectivity index (χ1v) is 8.41. The highest BCUT2D eigenvalue weighted by molar-refractivity contribution is 5.85. The highest BCUT2D eigenvalue weighted by Crippen LogP contribution is 2.30. The van der Waals surface area contributed by atoms with Crippen molar-refractivity contribution in [3.8, 4) is 11.5 Å². The van der Waals surface area contributed by atoms with E-state index >= 15 is 0 Å². The molecule has 0 fully saturated rings. The number of hydrogen-bond acceptors (Lipinski definition) is 3. The van der Waals surface area contributed by atoms with Crippen LogP contribution < -0.4 is 14.8 Å². The third-order valence-electron chi connectivity index (χ3n) is 3.41. The van der Waals surface area contributed by atoms with Crippen LogP contribution in [0.25, 0.3) is 0 Å². The fraction of sp³-hybridized carbons (Fsp3) is 0.600. The molecule has 0 aliphatic heterocycles. The molecule has 0 unspecified atom stereocenters. The van der Waals surface area contributed by atoms with Crippen LogP contribution in [0.4, 0.5) is 0 Å². The van der Waals surface area contributed by atoms with Crippen molar-refractivity contribution < 1.29 is 9.47 Å². The maximum atomic E-state index is 5.70. The Bertz CT molecular complexity index is 507. The van der Waals surface area contributed by atoms with Gasteiger partial charge in [0.15, 0.2) is 11.5 Å². The van der Waals surface area contributed by atoms with Crippen LogP contribution in [-0.4, -0.2) is 18.8 Å². The second-order valence-electron chi connectivity index (χ2n) is 7.79. The van der Waals surface area contributed by atoms with Crippen LogP contribution in [0.2, 0.25) is 0 Å². The third kappa shape index (κ3) is 8.60. The lowest BCUT2D eigenvalue weighted by molar-refractivity contribution is 0.240. The minimum atomic E-state index is 0. The van der Waals surface area contributed by atoms with Crippen LogP contribution in [0, 0.1) is 5.41 Å². The second-order valence-corrected chi connectivity index (χ2v) is 7.79. The monoisotopic (exact) mass is 355 g/mol. The molecule has 3 nitrogen and oxygen atoms in total. The second kappa shape index (κ2) is 9.95. The highest BCUT2D eigenvalue weighted by Gasteiger charge is 2.24. The summed E-state index contributed by atoms with van der Waals surface area (Å²) >= 11 is 0. The zero-order valence-corrected chi connectivity index (χ0v) is 16.9. The third-order valence-corrected chi connectivity index (χ3v) is 3.41. The molecule has 1 aromatic rings. The van der Waals surface area contributed by atoms with Crippen molar-refractivity contribution in [3.63, 3.8) is 0 Å². The van der Waals surface area contributed by atoms with Gasteiger partial charge in [0.1, 0.15) is 6.61 Å². The average Bonchev–Trinajstić information content (AvgIpc) is 2.42.